The number of amides is 1. The van der Waals surface area contributed by atoms with Gasteiger partial charge in [-0.15, -0.1) is 0 Å². The maximum Gasteiger partial charge on any atom is 0.516 e. The third-order valence-electron chi connectivity index (χ3n) is 3.34. The number of hydrogen-bond donors (Lipinski definition) is 0. The summed E-state index contributed by atoms with van der Waals surface area (Å²) in [7, 11) is 0. The number of carbonyl (C=O) groups excluding carboxylic acids is 3. The molecule has 1 aliphatic rings. The smallest absolute Gasteiger partial charge is 0.444 e. The maximum atomic E-state index is 11.9. The third kappa shape index (κ3) is 7.85. The Kier molecular flexibility index (Phi) is 7.32. The van der Waals surface area contributed by atoms with Gasteiger partial charge >= 0.3 is 18.2 Å². The standard InChI is InChI=1S/C16H27NO6/c1-5-10-21-15(20)22-13(18)11-12-6-8-17(9-7-12)14(19)23-16(2,3)4/h12H,5-11H2,1-4H3. The SMILES string of the molecule is CCCOC(=O)OC(=O)CC1CCN(C(=O)OC(C)(C)C)CC1. The highest BCUT2D eigenvalue weighted by Gasteiger charge is 2.28. The Morgan fingerprint density at radius 1 is 1.13 bits per heavy atom. The zero-order valence-corrected chi connectivity index (χ0v) is 14.4. The van der Waals surface area contributed by atoms with E-state index in [9.17, 15) is 14.4 Å². The van der Waals surface area contributed by atoms with Gasteiger partial charge in [0.2, 0.25) is 0 Å². The Morgan fingerprint density at radius 2 is 1.74 bits per heavy atom. The summed E-state index contributed by atoms with van der Waals surface area (Å²) in [6.07, 6.45) is 0.914. The second-order valence-electron chi connectivity index (χ2n) is 6.69. The van der Waals surface area contributed by atoms with E-state index in [1.165, 1.54) is 0 Å². The molecule has 0 aromatic carbocycles. The fraction of sp³-hybridized carbons (Fsp3) is 0.812. The van der Waals surface area contributed by atoms with Crippen LogP contribution in [0.3, 0.4) is 0 Å². The zero-order valence-electron chi connectivity index (χ0n) is 14.4. The van der Waals surface area contributed by atoms with Crippen LogP contribution in [0, 0.1) is 5.92 Å². The van der Waals surface area contributed by atoms with Gasteiger partial charge in [0.05, 0.1) is 6.61 Å². The molecule has 1 fully saturated rings. The molecule has 0 spiro atoms. The van der Waals surface area contributed by atoms with E-state index in [0.29, 0.717) is 32.4 Å². The van der Waals surface area contributed by atoms with Crippen molar-refractivity contribution in [1.82, 2.24) is 4.90 Å². The zero-order chi connectivity index (χ0) is 17.5. The molecule has 0 saturated carbocycles. The van der Waals surface area contributed by atoms with Crippen LogP contribution >= 0.6 is 0 Å². The van der Waals surface area contributed by atoms with Crippen LogP contribution in [-0.2, 0) is 19.0 Å². The molecule has 7 nitrogen and oxygen atoms in total. The average molecular weight is 329 g/mol. The molecule has 23 heavy (non-hydrogen) atoms. The summed E-state index contributed by atoms with van der Waals surface area (Å²) in [4.78, 5) is 36.4. The Bertz CT molecular complexity index is 421. The lowest BCUT2D eigenvalue weighted by Crippen LogP contribution is -2.42. The van der Waals surface area contributed by atoms with Crippen LogP contribution in [0.2, 0.25) is 0 Å². The van der Waals surface area contributed by atoms with E-state index in [1.807, 2.05) is 27.7 Å². The number of rotatable bonds is 4. The topological polar surface area (TPSA) is 82.1 Å². The fourth-order valence-electron chi connectivity index (χ4n) is 2.23. The van der Waals surface area contributed by atoms with Gasteiger partial charge in [0.1, 0.15) is 5.60 Å². The lowest BCUT2D eigenvalue weighted by atomic mass is 9.94. The van der Waals surface area contributed by atoms with Gasteiger partial charge in [-0.25, -0.2) is 9.59 Å². The molecule has 0 aromatic heterocycles. The monoisotopic (exact) mass is 329 g/mol. The summed E-state index contributed by atoms with van der Waals surface area (Å²) in [6.45, 7) is 8.63. The van der Waals surface area contributed by atoms with Crippen LogP contribution in [0.4, 0.5) is 9.59 Å². The van der Waals surface area contributed by atoms with E-state index in [4.69, 9.17) is 9.47 Å². The van der Waals surface area contributed by atoms with Crippen molar-refractivity contribution in [2.45, 2.75) is 59.0 Å². The molecule has 1 aliphatic heterocycles. The van der Waals surface area contributed by atoms with Crippen molar-refractivity contribution in [3.05, 3.63) is 0 Å². The van der Waals surface area contributed by atoms with Crippen LogP contribution in [0.1, 0.15) is 53.4 Å². The van der Waals surface area contributed by atoms with Crippen LogP contribution in [0.25, 0.3) is 0 Å². The largest absolute Gasteiger partial charge is 0.516 e. The number of nitrogens with zero attached hydrogens (tertiary/aromatic N) is 1. The quantitative estimate of drug-likeness (QED) is 0.582. The summed E-state index contributed by atoms with van der Waals surface area (Å²) in [5.74, 6) is -0.484. The van der Waals surface area contributed by atoms with Gasteiger partial charge < -0.3 is 19.1 Å². The van der Waals surface area contributed by atoms with Crippen molar-refractivity contribution in [2.24, 2.45) is 5.92 Å². The summed E-state index contributed by atoms with van der Waals surface area (Å²) in [6, 6.07) is 0. The van der Waals surface area contributed by atoms with Crippen molar-refractivity contribution in [1.29, 1.82) is 0 Å². The Labute approximate surface area is 137 Å². The number of carbonyl (C=O) groups is 3. The Balaban J connectivity index is 2.29. The fourth-order valence-corrected chi connectivity index (χ4v) is 2.23. The minimum absolute atomic E-state index is 0.0974. The third-order valence-corrected chi connectivity index (χ3v) is 3.34. The maximum absolute atomic E-state index is 11.9. The molecule has 0 N–H and O–H groups in total. The van der Waals surface area contributed by atoms with Crippen molar-refractivity contribution in [3.8, 4) is 0 Å². The van der Waals surface area contributed by atoms with E-state index in [-0.39, 0.29) is 25.0 Å². The molecular weight excluding hydrogens is 302 g/mol. The lowest BCUT2D eigenvalue weighted by molar-refractivity contribution is -0.141. The summed E-state index contributed by atoms with van der Waals surface area (Å²) >= 11 is 0. The first-order valence-electron chi connectivity index (χ1n) is 8.06. The molecule has 132 valence electrons. The number of likely N-dealkylation sites (tertiary alicyclic amines) is 1. The molecule has 1 heterocycles. The van der Waals surface area contributed by atoms with Crippen molar-refractivity contribution >= 4 is 18.2 Å². The normalized spacial score (nSPS) is 15.9. The molecule has 0 radical (unpaired) electrons. The van der Waals surface area contributed by atoms with Gasteiger partial charge in [-0.3, -0.25) is 4.79 Å². The second kappa shape index (κ2) is 8.74. The Hall–Kier alpha value is -1.79. The highest BCUT2D eigenvalue weighted by Crippen LogP contribution is 2.22. The van der Waals surface area contributed by atoms with Gasteiger partial charge in [0, 0.05) is 19.5 Å². The van der Waals surface area contributed by atoms with Crippen LogP contribution in [0.15, 0.2) is 0 Å². The van der Waals surface area contributed by atoms with Gasteiger partial charge in [0.25, 0.3) is 0 Å². The van der Waals surface area contributed by atoms with E-state index >= 15 is 0 Å². The number of ether oxygens (including phenoxy) is 3. The average Bonchev–Trinajstić information content (AvgIpc) is 2.43. The van der Waals surface area contributed by atoms with E-state index < -0.39 is 17.7 Å². The lowest BCUT2D eigenvalue weighted by Gasteiger charge is -2.33. The molecule has 1 amide bonds. The summed E-state index contributed by atoms with van der Waals surface area (Å²) < 4.78 is 14.6. The minimum atomic E-state index is -0.942. The highest BCUT2D eigenvalue weighted by molar-refractivity contribution is 5.81. The summed E-state index contributed by atoms with van der Waals surface area (Å²) in [5.41, 5.74) is -0.517. The van der Waals surface area contributed by atoms with E-state index in [0.717, 1.165) is 0 Å². The first-order valence-corrected chi connectivity index (χ1v) is 8.06. The van der Waals surface area contributed by atoms with Crippen molar-refractivity contribution < 1.29 is 28.6 Å². The predicted octanol–water partition coefficient (Wildman–Crippen LogP) is 3.11. The molecular formula is C16H27NO6. The van der Waals surface area contributed by atoms with Crippen molar-refractivity contribution in [2.75, 3.05) is 19.7 Å². The van der Waals surface area contributed by atoms with E-state index in [2.05, 4.69) is 4.74 Å². The van der Waals surface area contributed by atoms with Gasteiger partial charge in [-0.05, 0) is 46.0 Å². The van der Waals surface area contributed by atoms with Crippen LogP contribution in [-0.4, -0.2) is 48.4 Å². The van der Waals surface area contributed by atoms with Gasteiger partial charge in [-0.1, -0.05) is 6.92 Å². The summed E-state index contributed by atoms with van der Waals surface area (Å²) in [5, 5.41) is 0. The molecule has 1 saturated heterocycles. The van der Waals surface area contributed by atoms with Crippen LogP contribution in [0.5, 0.6) is 0 Å². The Morgan fingerprint density at radius 3 is 2.26 bits per heavy atom. The number of esters is 1. The van der Waals surface area contributed by atoms with Crippen molar-refractivity contribution in [3.63, 3.8) is 0 Å². The molecule has 0 aromatic rings. The van der Waals surface area contributed by atoms with Crippen LogP contribution < -0.4 is 0 Å². The first-order chi connectivity index (χ1) is 10.7. The predicted molar refractivity (Wildman–Crippen MR) is 82.9 cm³/mol. The number of hydrogen-bond acceptors (Lipinski definition) is 6. The molecule has 7 heteroatoms. The molecule has 0 bridgehead atoms. The molecule has 1 rings (SSSR count). The van der Waals surface area contributed by atoms with Gasteiger partial charge in [-0.2, -0.15) is 0 Å². The molecule has 0 atom stereocenters. The van der Waals surface area contributed by atoms with E-state index in [1.54, 1.807) is 4.90 Å². The second-order valence-corrected chi connectivity index (χ2v) is 6.69. The molecule has 0 aliphatic carbocycles. The minimum Gasteiger partial charge on any atom is -0.444 e. The highest BCUT2D eigenvalue weighted by atomic mass is 16.7. The van der Waals surface area contributed by atoms with Gasteiger partial charge in [0.15, 0.2) is 0 Å². The number of piperidine rings is 1. The molecule has 0 unspecified atom stereocenters. The first kappa shape index (κ1) is 19.3.